The van der Waals surface area contributed by atoms with Gasteiger partial charge in [-0.25, -0.2) is 0 Å². The minimum absolute atomic E-state index is 0.170. The first-order valence-electron chi connectivity index (χ1n) is 8.96. The molecule has 3 N–H and O–H groups in total. The Morgan fingerprint density at radius 3 is 2.45 bits per heavy atom. The van der Waals surface area contributed by atoms with Crippen molar-refractivity contribution >= 4 is 17.7 Å². The highest BCUT2D eigenvalue weighted by Gasteiger charge is 2.38. The first-order valence-corrected chi connectivity index (χ1v) is 12.1. The minimum Gasteiger partial charge on any atom is -0.457 e. The van der Waals surface area contributed by atoms with Gasteiger partial charge < -0.3 is 19.3 Å². The molecule has 2 aromatic rings. The summed E-state index contributed by atoms with van der Waals surface area (Å²) in [7, 11) is -8.17. The Hall–Kier alpha value is -1.74. The standard InChI is InChI=1S/C19H25O8PS/c1-26-13-12-16-8-2-3-10-18(16)27-17-9-4-6-15(14-17)7-5-11-19(28(20,21)22)29(23,24)25/h2-4,6,8-10,14,19H,5,7,11-13H2,1H3,(H2,20,21,22)(H,23,24,25). The lowest BCUT2D eigenvalue weighted by Crippen LogP contribution is -2.20. The first kappa shape index (κ1) is 23.5. The number of para-hydroxylation sites is 1. The van der Waals surface area contributed by atoms with Crippen molar-refractivity contribution in [1.82, 2.24) is 0 Å². The maximum Gasteiger partial charge on any atom is 0.346 e. The molecule has 0 aromatic heterocycles. The smallest absolute Gasteiger partial charge is 0.346 e. The molecule has 2 rings (SSSR count). The van der Waals surface area contributed by atoms with Crippen LogP contribution in [0.5, 0.6) is 11.5 Å². The lowest BCUT2D eigenvalue weighted by atomic mass is 10.1. The van der Waals surface area contributed by atoms with Gasteiger partial charge in [-0.15, -0.1) is 0 Å². The molecule has 0 aliphatic carbocycles. The maximum atomic E-state index is 11.3. The zero-order valence-electron chi connectivity index (χ0n) is 16.0. The largest absolute Gasteiger partial charge is 0.457 e. The molecule has 8 nitrogen and oxygen atoms in total. The monoisotopic (exact) mass is 444 g/mol. The second-order valence-electron chi connectivity index (χ2n) is 6.55. The van der Waals surface area contributed by atoms with Crippen molar-refractivity contribution in [3.05, 3.63) is 59.7 Å². The third-order valence-electron chi connectivity index (χ3n) is 4.31. The molecule has 160 valence electrons. The second-order valence-corrected chi connectivity index (χ2v) is 10.3. The van der Waals surface area contributed by atoms with E-state index in [1.807, 2.05) is 30.3 Å². The van der Waals surface area contributed by atoms with Crippen LogP contribution in [-0.2, 0) is 32.3 Å². The third kappa shape index (κ3) is 7.54. The van der Waals surface area contributed by atoms with Gasteiger partial charge in [0.25, 0.3) is 10.1 Å². The third-order valence-corrected chi connectivity index (χ3v) is 7.86. The van der Waals surface area contributed by atoms with Gasteiger partial charge in [0.15, 0.2) is 4.99 Å². The van der Waals surface area contributed by atoms with Crippen LogP contribution < -0.4 is 4.74 Å². The number of aryl methyl sites for hydroxylation is 1. The Bertz CT molecular complexity index is 954. The number of hydrogen-bond acceptors (Lipinski definition) is 5. The van der Waals surface area contributed by atoms with E-state index in [0.717, 1.165) is 11.1 Å². The molecule has 0 spiro atoms. The highest BCUT2D eigenvalue weighted by Crippen LogP contribution is 2.46. The lowest BCUT2D eigenvalue weighted by molar-refractivity contribution is 0.201. The van der Waals surface area contributed by atoms with Crippen molar-refractivity contribution in [3.63, 3.8) is 0 Å². The Labute approximate surface area is 170 Å². The molecular formula is C19H25O8PS. The molecule has 0 heterocycles. The summed E-state index contributed by atoms with van der Waals surface area (Å²) in [6, 6.07) is 14.8. The van der Waals surface area contributed by atoms with Crippen molar-refractivity contribution < 1.29 is 36.8 Å². The molecule has 1 atom stereocenters. The predicted octanol–water partition coefficient (Wildman–Crippen LogP) is 3.38. The predicted molar refractivity (Wildman–Crippen MR) is 109 cm³/mol. The Balaban J connectivity index is 2.04. The van der Waals surface area contributed by atoms with Gasteiger partial charge in [0.1, 0.15) is 11.5 Å². The first-order chi connectivity index (χ1) is 13.6. The topological polar surface area (TPSA) is 130 Å². The molecule has 10 heteroatoms. The van der Waals surface area contributed by atoms with Crippen LogP contribution >= 0.6 is 7.60 Å². The van der Waals surface area contributed by atoms with E-state index in [0.29, 0.717) is 30.9 Å². The van der Waals surface area contributed by atoms with Crippen molar-refractivity contribution in [1.29, 1.82) is 0 Å². The minimum atomic E-state index is -4.96. The normalized spacial score (nSPS) is 13.2. The molecule has 0 amide bonds. The van der Waals surface area contributed by atoms with E-state index in [2.05, 4.69) is 0 Å². The van der Waals surface area contributed by atoms with E-state index in [1.54, 1.807) is 25.3 Å². The van der Waals surface area contributed by atoms with Gasteiger partial charge in [0, 0.05) is 7.11 Å². The van der Waals surface area contributed by atoms with Crippen LogP contribution in [0, 0.1) is 0 Å². The number of benzene rings is 2. The van der Waals surface area contributed by atoms with Crippen molar-refractivity contribution in [2.24, 2.45) is 0 Å². The molecule has 0 aliphatic rings. The summed E-state index contributed by atoms with van der Waals surface area (Å²) in [4.78, 5) is 16.2. The molecule has 2 aromatic carbocycles. The molecule has 1 unspecified atom stereocenters. The van der Waals surface area contributed by atoms with Crippen molar-refractivity contribution in [3.8, 4) is 11.5 Å². The van der Waals surface area contributed by atoms with Gasteiger partial charge in [-0.1, -0.05) is 30.3 Å². The zero-order chi connectivity index (χ0) is 21.5. The average molecular weight is 444 g/mol. The number of ether oxygens (including phenoxy) is 2. The quantitative estimate of drug-likeness (QED) is 0.355. The van der Waals surface area contributed by atoms with Crippen LogP contribution in [0.15, 0.2) is 48.5 Å². The van der Waals surface area contributed by atoms with Crippen LogP contribution in [0.25, 0.3) is 0 Å². The number of hydrogen-bond donors (Lipinski definition) is 3. The van der Waals surface area contributed by atoms with Gasteiger partial charge in [-0.3, -0.25) is 9.12 Å². The van der Waals surface area contributed by atoms with Crippen molar-refractivity contribution in [2.75, 3.05) is 13.7 Å². The van der Waals surface area contributed by atoms with Crippen LogP contribution in [-0.4, -0.2) is 41.5 Å². The van der Waals surface area contributed by atoms with E-state index in [9.17, 15) is 13.0 Å². The molecule has 0 aliphatic heterocycles. The molecule has 0 saturated heterocycles. The summed E-state index contributed by atoms with van der Waals surface area (Å²) in [5, 5.41) is 0. The number of rotatable bonds is 11. The molecule has 29 heavy (non-hydrogen) atoms. The van der Waals surface area contributed by atoms with E-state index in [-0.39, 0.29) is 12.8 Å². The summed E-state index contributed by atoms with van der Waals surface area (Å²) in [5.74, 6) is 1.29. The van der Waals surface area contributed by atoms with Crippen LogP contribution in [0.3, 0.4) is 0 Å². The fourth-order valence-corrected chi connectivity index (χ4v) is 5.26. The van der Waals surface area contributed by atoms with Gasteiger partial charge in [-0.05, 0) is 55.0 Å². The van der Waals surface area contributed by atoms with E-state index < -0.39 is 22.7 Å². The Morgan fingerprint density at radius 2 is 1.79 bits per heavy atom. The van der Waals surface area contributed by atoms with Gasteiger partial charge >= 0.3 is 7.60 Å². The summed E-state index contributed by atoms with van der Waals surface area (Å²) in [6.07, 6.45) is 0.887. The van der Waals surface area contributed by atoms with E-state index in [4.69, 9.17) is 23.8 Å². The molecule has 0 saturated carbocycles. The van der Waals surface area contributed by atoms with Crippen LogP contribution in [0.4, 0.5) is 0 Å². The van der Waals surface area contributed by atoms with Crippen molar-refractivity contribution in [2.45, 2.75) is 30.7 Å². The highest BCUT2D eigenvalue weighted by atomic mass is 32.2. The molecule has 0 bridgehead atoms. The lowest BCUT2D eigenvalue weighted by Gasteiger charge is -2.15. The Kier molecular flexibility index (Phi) is 8.39. The summed E-state index contributed by atoms with van der Waals surface area (Å²) in [6.45, 7) is 0.564. The van der Waals surface area contributed by atoms with E-state index in [1.165, 1.54) is 0 Å². The molecular weight excluding hydrogens is 419 g/mol. The summed E-state index contributed by atoms with van der Waals surface area (Å²) < 4.78 is 53.9. The van der Waals surface area contributed by atoms with Gasteiger partial charge in [-0.2, -0.15) is 8.42 Å². The molecule has 0 fully saturated rings. The highest BCUT2D eigenvalue weighted by molar-refractivity contribution is 7.93. The average Bonchev–Trinajstić information content (AvgIpc) is 2.63. The zero-order valence-corrected chi connectivity index (χ0v) is 17.7. The number of methoxy groups -OCH3 is 1. The maximum absolute atomic E-state index is 11.3. The van der Waals surface area contributed by atoms with Gasteiger partial charge in [0.2, 0.25) is 0 Å². The second kappa shape index (κ2) is 10.3. The fraction of sp³-hybridized carbons (Fsp3) is 0.368. The molecule has 0 radical (unpaired) electrons. The van der Waals surface area contributed by atoms with Crippen LogP contribution in [0.1, 0.15) is 24.0 Å². The fourth-order valence-electron chi connectivity index (χ4n) is 2.88. The van der Waals surface area contributed by atoms with E-state index >= 15 is 0 Å². The SMILES string of the molecule is COCCc1ccccc1Oc1cccc(CCCC(P(=O)(O)O)S(=O)(=O)O)c1. The Morgan fingerprint density at radius 1 is 1.07 bits per heavy atom. The summed E-state index contributed by atoms with van der Waals surface area (Å²) in [5.41, 5.74) is 1.81. The van der Waals surface area contributed by atoms with Crippen LogP contribution in [0.2, 0.25) is 0 Å². The van der Waals surface area contributed by atoms with Gasteiger partial charge in [0.05, 0.1) is 6.61 Å². The summed E-state index contributed by atoms with van der Waals surface area (Å²) >= 11 is 0.